The first kappa shape index (κ1) is 13.1. The van der Waals surface area contributed by atoms with Crippen LogP contribution < -0.4 is 0 Å². The Kier molecular flexibility index (Phi) is 4.86. The highest BCUT2D eigenvalue weighted by Gasteiger charge is 2.28. The minimum absolute atomic E-state index is 0.00372. The van der Waals surface area contributed by atoms with Crippen LogP contribution in [0.3, 0.4) is 0 Å². The van der Waals surface area contributed by atoms with Crippen molar-refractivity contribution in [2.24, 2.45) is 0 Å². The van der Waals surface area contributed by atoms with Crippen molar-refractivity contribution < 1.29 is 9.59 Å². The van der Waals surface area contributed by atoms with Gasteiger partial charge >= 0.3 is 0 Å². The lowest BCUT2D eigenvalue weighted by Crippen LogP contribution is -2.54. The Hall–Kier alpha value is -0.970. The standard InChI is InChI=1S/C11H18N2O2S/c1-3-4-12-6-11(15)13(7-10(12)14)5-9(2)8-16/h16H,2-8H2,1H3. The number of hydrogen-bond donors (Lipinski definition) is 1. The maximum Gasteiger partial charge on any atom is 0.242 e. The van der Waals surface area contributed by atoms with Crippen LogP contribution in [-0.4, -0.2) is 53.5 Å². The van der Waals surface area contributed by atoms with E-state index < -0.39 is 0 Å². The molecule has 1 aliphatic heterocycles. The number of nitrogens with zero attached hydrogens (tertiary/aromatic N) is 2. The molecule has 0 bridgehead atoms. The van der Waals surface area contributed by atoms with Crippen LogP contribution in [0, 0.1) is 0 Å². The number of amides is 2. The molecule has 1 fully saturated rings. The monoisotopic (exact) mass is 242 g/mol. The lowest BCUT2D eigenvalue weighted by molar-refractivity contribution is -0.149. The molecule has 0 aromatic rings. The van der Waals surface area contributed by atoms with Gasteiger partial charge in [-0.2, -0.15) is 12.6 Å². The van der Waals surface area contributed by atoms with E-state index in [2.05, 4.69) is 19.2 Å². The molecule has 0 N–H and O–H groups in total. The molecule has 1 heterocycles. The molecule has 5 heteroatoms. The number of rotatable bonds is 5. The third kappa shape index (κ3) is 3.27. The summed E-state index contributed by atoms with van der Waals surface area (Å²) < 4.78 is 0. The van der Waals surface area contributed by atoms with E-state index in [4.69, 9.17) is 0 Å². The van der Waals surface area contributed by atoms with Crippen LogP contribution >= 0.6 is 12.6 Å². The maximum atomic E-state index is 11.7. The SMILES string of the molecule is C=C(CS)CN1CC(=O)N(CCC)CC1=O. The third-order valence-electron chi connectivity index (χ3n) is 2.49. The summed E-state index contributed by atoms with van der Waals surface area (Å²) in [5.41, 5.74) is 0.855. The summed E-state index contributed by atoms with van der Waals surface area (Å²) in [5, 5.41) is 0. The number of thiol groups is 1. The summed E-state index contributed by atoms with van der Waals surface area (Å²) in [6.07, 6.45) is 0.877. The van der Waals surface area contributed by atoms with Crippen molar-refractivity contribution in [3.63, 3.8) is 0 Å². The topological polar surface area (TPSA) is 40.6 Å². The molecule has 90 valence electrons. The van der Waals surface area contributed by atoms with Gasteiger partial charge in [-0.3, -0.25) is 9.59 Å². The molecular formula is C11H18N2O2S. The van der Waals surface area contributed by atoms with Gasteiger partial charge in [0.2, 0.25) is 11.8 Å². The van der Waals surface area contributed by atoms with Crippen molar-refractivity contribution in [2.45, 2.75) is 13.3 Å². The molecule has 0 unspecified atom stereocenters. The summed E-state index contributed by atoms with van der Waals surface area (Å²) in [4.78, 5) is 26.6. The first-order valence-electron chi connectivity index (χ1n) is 5.41. The Morgan fingerprint density at radius 2 is 1.88 bits per heavy atom. The van der Waals surface area contributed by atoms with Gasteiger partial charge in [0.05, 0.1) is 6.54 Å². The third-order valence-corrected chi connectivity index (χ3v) is 2.94. The number of hydrogen-bond acceptors (Lipinski definition) is 3. The number of carbonyl (C=O) groups excluding carboxylic acids is 2. The van der Waals surface area contributed by atoms with Gasteiger partial charge in [-0.05, 0) is 12.0 Å². The average Bonchev–Trinajstić information content (AvgIpc) is 2.25. The lowest BCUT2D eigenvalue weighted by Gasteiger charge is -2.34. The second-order valence-corrected chi connectivity index (χ2v) is 4.29. The van der Waals surface area contributed by atoms with E-state index in [1.54, 1.807) is 9.80 Å². The summed E-state index contributed by atoms with van der Waals surface area (Å²) in [7, 11) is 0. The van der Waals surface area contributed by atoms with Gasteiger partial charge in [-0.15, -0.1) is 0 Å². The van der Waals surface area contributed by atoms with Gasteiger partial charge in [-0.1, -0.05) is 13.5 Å². The molecule has 4 nitrogen and oxygen atoms in total. The molecule has 16 heavy (non-hydrogen) atoms. The summed E-state index contributed by atoms with van der Waals surface area (Å²) in [6, 6.07) is 0. The first-order valence-corrected chi connectivity index (χ1v) is 6.04. The predicted molar refractivity (Wildman–Crippen MR) is 66.4 cm³/mol. The molecule has 0 spiro atoms. The Labute approximate surface area is 102 Å². The molecule has 1 saturated heterocycles. The van der Waals surface area contributed by atoms with Crippen molar-refractivity contribution in [2.75, 3.05) is 31.9 Å². The molecule has 0 aromatic carbocycles. The fourth-order valence-corrected chi connectivity index (χ4v) is 1.74. The fraction of sp³-hybridized carbons (Fsp3) is 0.636. The zero-order chi connectivity index (χ0) is 12.1. The van der Waals surface area contributed by atoms with Crippen molar-refractivity contribution in [3.05, 3.63) is 12.2 Å². The van der Waals surface area contributed by atoms with E-state index in [1.165, 1.54) is 0 Å². The zero-order valence-corrected chi connectivity index (χ0v) is 10.5. The molecule has 0 aliphatic carbocycles. The molecule has 1 rings (SSSR count). The quantitative estimate of drug-likeness (QED) is 0.565. The molecule has 0 saturated carbocycles. The number of piperazine rings is 1. The van der Waals surface area contributed by atoms with E-state index in [0.29, 0.717) is 18.8 Å². The van der Waals surface area contributed by atoms with Crippen molar-refractivity contribution in [3.8, 4) is 0 Å². The van der Waals surface area contributed by atoms with Crippen LogP contribution in [0.2, 0.25) is 0 Å². The maximum absolute atomic E-state index is 11.7. The second-order valence-electron chi connectivity index (χ2n) is 3.97. The minimum atomic E-state index is -0.00372. The zero-order valence-electron chi connectivity index (χ0n) is 9.61. The number of carbonyl (C=O) groups is 2. The van der Waals surface area contributed by atoms with Crippen molar-refractivity contribution in [1.82, 2.24) is 9.80 Å². The smallest absolute Gasteiger partial charge is 0.242 e. The molecule has 1 aliphatic rings. The van der Waals surface area contributed by atoms with Crippen molar-refractivity contribution >= 4 is 24.4 Å². The Morgan fingerprint density at radius 3 is 2.44 bits per heavy atom. The van der Waals surface area contributed by atoms with Gasteiger partial charge in [0.25, 0.3) is 0 Å². The van der Waals surface area contributed by atoms with Crippen LogP contribution in [-0.2, 0) is 9.59 Å². The highest BCUT2D eigenvalue weighted by atomic mass is 32.1. The van der Waals surface area contributed by atoms with Gasteiger partial charge in [0.15, 0.2) is 0 Å². The normalized spacial score (nSPS) is 16.9. The van der Waals surface area contributed by atoms with Crippen LogP contribution in [0.1, 0.15) is 13.3 Å². The van der Waals surface area contributed by atoms with Gasteiger partial charge in [-0.25, -0.2) is 0 Å². The van der Waals surface area contributed by atoms with E-state index in [9.17, 15) is 9.59 Å². The van der Waals surface area contributed by atoms with Crippen LogP contribution in [0.15, 0.2) is 12.2 Å². The van der Waals surface area contributed by atoms with E-state index in [-0.39, 0.29) is 24.9 Å². The van der Waals surface area contributed by atoms with Crippen molar-refractivity contribution in [1.29, 1.82) is 0 Å². The van der Waals surface area contributed by atoms with Crippen LogP contribution in [0.25, 0.3) is 0 Å². The minimum Gasteiger partial charge on any atom is -0.332 e. The molecule has 0 atom stereocenters. The first-order chi connectivity index (χ1) is 7.58. The predicted octanol–water partition coefficient (Wildman–Crippen LogP) is 0.553. The van der Waals surface area contributed by atoms with E-state index in [0.717, 1.165) is 12.0 Å². The van der Waals surface area contributed by atoms with Gasteiger partial charge in [0.1, 0.15) is 6.54 Å². The Balaban J connectivity index is 2.56. The Bertz CT molecular complexity index is 304. The molecule has 0 radical (unpaired) electrons. The summed E-state index contributed by atoms with van der Waals surface area (Å²) >= 11 is 4.09. The lowest BCUT2D eigenvalue weighted by atomic mass is 10.2. The van der Waals surface area contributed by atoms with E-state index >= 15 is 0 Å². The highest BCUT2D eigenvalue weighted by molar-refractivity contribution is 7.80. The van der Waals surface area contributed by atoms with Crippen LogP contribution in [0.5, 0.6) is 0 Å². The molecule has 0 aromatic heterocycles. The molecular weight excluding hydrogens is 224 g/mol. The molecule has 2 amide bonds. The van der Waals surface area contributed by atoms with E-state index in [1.807, 2.05) is 6.92 Å². The van der Waals surface area contributed by atoms with Gasteiger partial charge in [0, 0.05) is 18.8 Å². The summed E-state index contributed by atoms with van der Waals surface area (Å²) in [5.74, 6) is 0.556. The largest absolute Gasteiger partial charge is 0.332 e. The summed E-state index contributed by atoms with van der Waals surface area (Å²) in [6.45, 7) is 7.25. The Morgan fingerprint density at radius 1 is 1.31 bits per heavy atom. The van der Waals surface area contributed by atoms with Gasteiger partial charge < -0.3 is 9.80 Å². The fourth-order valence-electron chi connectivity index (χ4n) is 1.64. The second kappa shape index (κ2) is 5.94. The highest BCUT2D eigenvalue weighted by Crippen LogP contribution is 2.08. The average molecular weight is 242 g/mol. The van der Waals surface area contributed by atoms with Crippen LogP contribution in [0.4, 0.5) is 0 Å².